The zero-order chi connectivity index (χ0) is 24.3. The fourth-order valence-corrected chi connectivity index (χ4v) is 5.04. The molecule has 0 atom stereocenters. The lowest BCUT2D eigenvalue weighted by Gasteiger charge is -2.26. The average molecular weight is 543 g/mol. The van der Waals surface area contributed by atoms with Crippen molar-refractivity contribution in [3.63, 3.8) is 0 Å². The molecule has 7 nitrogen and oxygen atoms in total. The number of anilines is 2. The third kappa shape index (κ3) is 5.84. The van der Waals surface area contributed by atoms with Crippen LogP contribution in [0.2, 0.25) is 0 Å². The fraction of sp³-hybridized carbons (Fsp3) is 0.280. The monoisotopic (exact) mass is 541 g/mol. The second-order valence-electron chi connectivity index (χ2n) is 8.46. The van der Waals surface area contributed by atoms with Gasteiger partial charge in [-0.3, -0.25) is 14.3 Å². The molecular formula is C25H28BrN5O2S. The van der Waals surface area contributed by atoms with Crippen LogP contribution in [0.25, 0.3) is 0 Å². The number of benzene rings is 2. The third-order valence-corrected chi connectivity index (χ3v) is 7.36. The van der Waals surface area contributed by atoms with Gasteiger partial charge in [0.1, 0.15) is 0 Å². The highest BCUT2D eigenvalue weighted by atomic mass is 79.9. The Labute approximate surface area is 209 Å². The summed E-state index contributed by atoms with van der Waals surface area (Å²) in [5, 5.41) is 3.18. The van der Waals surface area contributed by atoms with Gasteiger partial charge in [-0.1, -0.05) is 15.9 Å². The molecule has 0 unspecified atom stereocenters. The van der Waals surface area contributed by atoms with E-state index in [-0.39, 0.29) is 6.54 Å². The van der Waals surface area contributed by atoms with Gasteiger partial charge >= 0.3 is 0 Å². The normalized spacial score (nSPS) is 14.3. The summed E-state index contributed by atoms with van der Waals surface area (Å²) < 4.78 is 28.2. The summed E-state index contributed by atoms with van der Waals surface area (Å²) in [5.74, 6) is 0.305. The molecule has 34 heavy (non-hydrogen) atoms. The van der Waals surface area contributed by atoms with Crippen molar-refractivity contribution in [2.24, 2.45) is 4.99 Å². The maximum Gasteiger partial charge on any atom is 0.232 e. The molecule has 1 fully saturated rings. The molecule has 0 radical (unpaired) electrons. The van der Waals surface area contributed by atoms with Crippen molar-refractivity contribution in [2.45, 2.75) is 25.3 Å². The first-order valence-corrected chi connectivity index (χ1v) is 13.7. The van der Waals surface area contributed by atoms with Crippen molar-refractivity contribution in [3.8, 4) is 0 Å². The molecule has 0 saturated heterocycles. The van der Waals surface area contributed by atoms with Crippen LogP contribution in [0.15, 0.2) is 70.4 Å². The van der Waals surface area contributed by atoms with Crippen LogP contribution < -0.4 is 15.4 Å². The summed E-state index contributed by atoms with van der Waals surface area (Å²) in [7, 11) is -1.68. The number of aliphatic imine (C=N–C) groups is 1. The largest absolute Gasteiger partial charge is 0.398 e. The second-order valence-corrected chi connectivity index (χ2v) is 11.3. The minimum Gasteiger partial charge on any atom is -0.398 e. The molecule has 0 bridgehead atoms. The van der Waals surface area contributed by atoms with Crippen molar-refractivity contribution in [1.29, 1.82) is 0 Å². The first kappa shape index (κ1) is 24.4. The van der Waals surface area contributed by atoms with Crippen molar-refractivity contribution < 1.29 is 8.42 Å². The molecule has 1 aliphatic carbocycles. The summed E-state index contributed by atoms with van der Waals surface area (Å²) in [4.78, 5) is 8.88. The Morgan fingerprint density at radius 1 is 1.18 bits per heavy atom. The number of nitrogens with one attached hydrogen (secondary N) is 1. The molecular weight excluding hydrogens is 514 g/mol. The van der Waals surface area contributed by atoms with Gasteiger partial charge in [0, 0.05) is 34.7 Å². The van der Waals surface area contributed by atoms with Crippen LogP contribution in [0, 0.1) is 0 Å². The maximum absolute atomic E-state index is 12.9. The lowest BCUT2D eigenvalue weighted by molar-refractivity contribution is 0.596. The number of hydrogen-bond acceptors (Lipinski definition) is 6. The van der Waals surface area contributed by atoms with Crippen LogP contribution in [-0.2, 0) is 16.6 Å². The summed E-state index contributed by atoms with van der Waals surface area (Å²) in [6, 6.07) is 15.2. The fourth-order valence-electron chi connectivity index (χ4n) is 3.88. The summed E-state index contributed by atoms with van der Waals surface area (Å²) in [5.41, 5.74) is 12.0. The zero-order valence-corrected chi connectivity index (χ0v) is 21.6. The first-order valence-electron chi connectivity index (χ1n) is 11.0. The standard InChI is InChI=1S/C25H28BrN5O2S/c1-28-15-24(30-20-7-5-19(26)6-8-20)22-13-21(18-3-4-18)25(14-23(22)27)31(34(2,32)33)16-17-9-11-29-12-10-17/h5-14,18,28H,3-4,15-16,27H2,1-2H3. The number of likely N-dealkylation sites (N-methyl/N-ethyl adjacent to an activating group) is 1. The van der Waals surface area contributed by atoms with Crippen LogP contribution in [0.5, 0.6) is 0 Å². The van der Waals surface area contributed by atoms with Crippen molar-refractivity contribution in [3.05, 3.63) is 82.1 Å². The van der Waals surface area contributed by atoms with Gasteiger partial charge in [-0.15, -0.1) is 0 Å². The number of sulfonamides is 1. The van der Waals surface area contributed by atoms with E-state index in [1.807, 2.05) is 49.5 Å². The Morgan fingerprint density at radius 2 is 1.85 bits per heavy atom. The number of aromatic nitrogens is 1. The van der Waals surface area contributed by atoms with Gasteiger partial charge in [0.2, 0.25) is 10.0 Å². The van der Waals surface area contributed by atoms with Gasteiger partial charge in [-0.25, -0.2) is 8.42 Å². The van der Waals surface area contributed by atoms with E-state index in [9.17, 15) is 8.42 Å². The highest BCUT2D eigenvalue weighted by molar-refractivity contribution is 9.10. The molecule has 178 valence electrons. The number of nitrogen functional groups attached to an aromatic ring is 1. The van der Waals surface area contributed by atoms with Crippen LogP contribution in [0.3, 0.4) is 0 Å². The minimum atomic E-state index is -3.55. The Morgan fingerprint density at radius 3 is 2.44 bits per heavy atom. The SMILES string of the molecule is CNCC(=Nc1ccc(Br)cc1)c1cc(C2CC2)c(N(Cc2ccncc2)S(C)(=O)=O)cc1N. The Bertz CT molecular complexity index is 1290. The zero-order valence-electron chi connectivity index (χ0n) is 19.2. The van der Waals surface area contributed by atoms with Gasteiger partial charge in [0.05, 0.1) is 29.9 Å². The molecule has 1 aliphatic rings. The van der Waals surface area contributed by atoms with E-state index in [0.717, 1.165) is 45.4 Å². The number of rotatable bonds is 9. The molecule has 4 rings (SSSR count). The van der Waals surface area contributed by atoms with Gasteiger partial charge < -0.3 is 11.1 Å². The Balaban J connectivity index is 1.81. The molecule has 1 saturated carbocycles. The molecule has 2 aromatic carbocycles. The molecule has 9 heteroatoms. The Kier molecular flexibility index (Phi) is 7.35. The molecule has 3 aromatic rings. The van der Waals surface area contributed by atoms with E-state index in [1.54, 1.807) is 18.5 Å². The molecule has 1 aromatic heterocycles. The maximum atomic E-state index is 12.9. The van der Waals surface area contributed by atoms with Crippen molar-refractivity contribution in [1.82, 2.24) is 10.3 Å². The summed E-state index contributed by atoms with van der Waals surface area (Å²) in [6.07, 6.45) is 6.61. The average Bonchev–Trinajstić information content (AvgIpc) is 3.64. The van der Waals surface area contributed by atoms with E-state index < -0.39 is 10.0 Å². The highest BCUT2D eigenvalue weighted by Crippen LogP contribution is 2.46. The molecule has 1 heterocycles. The summed E-state index contributed by atoms with van der Waals surface area (Å²) >= 11 is 3.45. The minimum absolute atomic E-state index is 0.218. The molecule has 3 N–H and O–H groups in total. The lowest BCUT2D eigenvalue weighted by atomic mass is 9.99. The smallest absolute Gasteiger partial charge is 0.232 e. The lowest BCUT2D eigenvalue weighted by Crippen LogP contribution is -2.30. The van der Waals surface area contributed by atoms with Crippen molar-refractivity contribution in [2.75, 3.05) is 29.9 Å². The summed E-state index contributed by atoms with van der Waals surface area (Å²) in [6.45, 7) is 0.743. The van der Waals surface area contributed by atoms with Gasteiger partial charge in [-0.05, 0) is 85.5 Å². The van der Waals surface area contributed by atoms with Crippen LogP contribution >= 0.6 is 15.9 Å². The number of pyridine rings is 1. The van der Waals surface area contributed by atoms with E-state index >= 15 is 0 Å². The van der Waals surface area contributed by atoms with E-state index in [0.29, 0.717) is 23.8 Å². The van der Waals surface area contributed by atoms with Crippen LogP contribution in [0.1, 0.15) is 35.4 Å². The third-order valence-electron chi connectivity index (χ3n) is 5.71. The van der Waals surface area contributed by atoms with Gasteiger partial charge in [0.25, 0.3) is 0 Å². The number of nitrogens with two attached hydrogens (primary N) is 1. The predicted octanol–water partition coefficient (Wildman–Crippen LogP) is 4.61. The van der Waals surface area contributed by atoms with Gasteiger partial charge in [0.15, 0.2) is 0 Å². The highest BCUT2D eigenvalue weighted by Gasteiger charge is 2.32. The van der Waals surface area contributed by atoms with Gasteiger partial charge in [-0.2, -0.15) is 0 Å². The molecule has 0 aliphatic heterocycles. The molecule has 0 amide bonds. The predicted molar refractivity (Wildman–Crippen MR) is 142 cm³/mol. The Hall–Kier alpha value is -2.75. The first-order chi connectivity index (χ1) is 16.3. The van der Waals surface area contributed by atoms with Crippen molar-refractivity contribution >= 4 is 48.7 Å². The topological polar surface area (TPSA) is 101 Å². The molecule has 0 spiro atoms. The van der Waals surface area contributed by atoms with E-state index in [4.69, 9.17) is 10.7 Å². The van der Waals surface area contributed by atoms with E-state index in [1.165, 1.54) is 10.6 Å². The quantitative estimate of drug-likeness (QED) is 0.304. The van der Waals surface area contributed by atoms with E-state index in [2.05, 4.69) is 26.2 Å². The number of hydrogen-bond donors (Lipinski definition) is 2. The number of halogens is 1. The number of nitrogens with zero attached hydrogens (tertiary/aromatic N) is 3. The second kappa shape index (κ2) is 10.2. The van der Waals surface area contributed by atoms with Crippen LogP contribution in [-0.4, -0.2) is 39.0 Å². The van der Waals surface area contributed by atoms with Crippen LogP contribution in [0.4, 0.5) is 17.1 Å².